The number of para-hydroxylation sites is 1. The maximum absolute atomic E-state index is 12.1. The average Bonchev–Trinajstić information content (AvgIpc) is 2.43. The molecule has 0 atom stereocenters. The van der Waals surface area contributed by atoms with E-state index in [2.05, 4.69) is 40.7 Å². The molecule has 4 heteroatoms. The lowest BCUT2D eigenvalue weighted by Gasteiger charge is -2.43. The first-order valence-corrected chi connectivity index (χ1v) is 7.42. The van der Waals surface area contributed by atoms with E-state index in [1.807, 2.05) is 19.9 Å². The molecule has 0 unspecified atom stereocenters. The van der Waals surface area contributed by atoms with Crippen molar-refractivity contribution in [1.29, 1.82) is 0 Å². The first-order chi connectivity index (χ1) is 9.57. The summed E-state index contributed by atoms with van der Waals surface area (Å²) in [6.07, 6.45) is 1.12. The number of piperazine rings is 1. The van der Waals surface area contributed by atoms with E-state index in [4.69, 9.17) is 0 Å². The van der Waals surface area contributed by atoms with E-state index in [9.17, 15) is 4.79 Å². The topological polar surface area (TPSA) is 44.4 Å². The summed E-state index contributed by atoms with van der Waals surface area (Å²) < 4.78 is 0. The van der Waals surface area contributed by atoms with Crippen molar-refractivity contribution in [3.63, 3.8) is 0 Å². The van der Waals surface area contributed by atoms with Crippen LogP contribution in [-0.2, 0) is 11.3 Å². The number of nitrogens with zero attached hydrogens (tertiary/aromatic N) is 1. The molecule has 2 rings (SSSR count). The minimum atomic E-state index is -0.501. The molecule has 1 heterocycles. The monoisotopic (exact) mass is 275 g/mol. The predicted octanol–water partition coefficient (Wildman–Crippen LogP) is 1.90. The van der Waals surface area contributed by atoms with Crippen LogP contribution in [0.25, 0.3) is 0 Å². The van der Waals surface area contributed by atoms with Crippen molar-refractivity contribution in [2.75, 3.05) is 24.5 Å². The highest BCUT2D eigenvalue weighted by atomic mass is 16.2. The molecule has 1 aliphatic rings. The van der Waals surface area contributed by atoms with Crippen molar-refractivity contribution in [3.05, 3.63) is 29.8 Å². The second-order valence-electron chi connectivity index (χ2n) is 5.77. The van der Waals surface area contributed by atoms with Gasteiger partial charge in [0.15, 0.2) is 0 Å². The molecule has 0 aliphatic carbocycles. The summed E-state index contributed by atoms with van der Waals surface area (Å²) in [6.45, 7) is 9.55. The van der Waals surface area contributed by atoms with Crippen LogP contribution in [0.15, 0.2) is 24.3 Å². The van der Waals surface area contributed by atoms with Crippen LogP contribution in [0.4, 0.5) is 5.69 Å². The van der Waals surface area contributed by atoms with E-state index in [1.54, 1.807) is 0 Å². The fraction of sp³-hybridized carbons (Fsp3) is 0.562. The lowest BCUT2D eigenvalue weighted by Crippen LogP contribution is -2.62. The molecule has 1 amide bonds. The second-order valence-corrected chi connectivity index (χ2v) is 5.77. The molecule has 0 radical (unpaired) electrons. The van der Waals surface area contributed by atoms with Gasteiger partial charge in [0, 0.05) is 25.3 Å². The first-order valence-electron chi connectivity index (χ1n) is 7.42. The molecule has 1 aromatic rings. The van der Waals surface area contributed by atoms with Crippen LogP contribution < -0.4 is 15.5 Å². The van der Waals surface area contributed by atoms with Crippen LogP contribution in [0.2, 0.25) is 0 Å². The SMILES string of the molecule is CCCNCc1ccccc1N1CCNC(=O)C1(C)C. The zero-order valence-corrected chi connectivity index (χ0v) is 12.7. The van der Waals surface area contributed by atoms with Crippen LogP contribution in [0.3, 0.4) is 0 Å². The molecule has 0 bridgehead atoms. The van der Waals surface area contributed by atoms with Crippen molar-refractivity contribution in [3.8, 4) is 0 Å². The van der Waals surface area contributed by atoms with Crippen LogP contribution >= 0.6 is 0 Å². The molecule has 110 valence electrons. The molecular formula is C16H25N3O. The molecule has 1 fully saturated rings. The number of benzene rings is 1. The highest BCUT2D eigenvalue weighted by Crippen LogP contribution is 2.29. The minimum absolute atomic E-state index is 0.0973. The largest absolute Gasteiger partial charge is 0.355 e. The fourth-order valence-corrected chi connectivity index (χ4v) is 2.64. The van der Waals surface area contributed by atoms with Gasteiger partial charge < -0.3 is 15.5 Å². The maximum Gasteiger partial charge on any atom is 0.245 e. The Morgan fingerprint density at radius 2 is 2.10 bits per heavy atom. The molecule has 0 saturated carbocycles. The fourth-order valence-electron chi connectivity index (χ4n) is 2.64. The first kappa shape index (κ1) is 14.9. The van der Waals surface area contributed by atoms with Crippen molar-refractivity contribution < 1.29 is 4.79 Å². The minimum Gasteiger partial charge on any atom is -0.355 e. The van der Waals surface area contributed by atoms with Gasteiger partial charge in [-0.05, 0) is 38.4 Å². The van der Waals surface area contributed by atoms with Gasteiger partial charge in [0.05, 0.1) is 0 Å². The lowest BCUT2D eigenvalue weighted by atomic mass is 9.96. The Morgan fingerprint density at radius 1 is 1.35 bits per heavy atom. The quantitative estimate of drug-likeness (QED) is 0.807. The van der Waals surface area contributed by atoms with Gasteiger partial charge in [-0.25, -0.2) is 0 Å². The van der Waals surface area contributed by atoms with E-state index in [0.29, 0.717) is 6.54 Å². The molecule has 1 saturated heterocycles. The number of nitrogens with one attached hydrogen (secondary N) is 2. The third kappa shape index (κ3) is 2.96. The summed E-state index contributed by atoms with van der Waals surface area (Å²) in [7, 11) is 0. The zero-order valence-electron chi connectivity index (χ0n) is 12.7. The molecule has 0 spiro atoms. The summed E-state index contributed by atoms with van der Waals surface area (Å²) >= 11 is 0. The normalized spacial score (nSPS) is 17.9. The highest BCUT2D eigenvalue weighted by molar-refractivity contribution is 5.90. The van der Waals surface area contributed by atoms with Crippen LogP contribution in [0.1, 0.15) is 32.8 Å². The number of hydrogen-bond donors (Lipinski definition) is 2. The average molecular weight is 275 g/mol. The Labute approximate surface area is 121 Å². The number of rotatable bonds is 5. The summed E-state index contributed by atoms with van der Waals surface area (Å²) in [6, 6.07) is 8.36. The predicted molar refractivity (Wildman–Crippen MR) is 82.9 cm³/mol. The van der Waals surface area contributed by atoms with Gasteiger partial charge in [0.25, 0.3) is 0 Å². The van der Waals surface area contributed by atoms with Gasteiger partial charge in [0.2, 0.25) is 5.91 Å². The Hall–Kier alpha value is -1.55. The van der Waals surface area contributed by atoms with Gasteiger partial charge in [-0.15, -0.1) is 0 Å². The van der Waals surface area contributed by atoms with Gasteiger partial charge in [-0.2, -0.15) is 0 Å². The Kier molecular flexibility index (Phi) is 4.65. The second kappa shape index (κ2) is 6.27. The van der Waals surface area contributed by atoms with E-state index < -0.39 is 5.54 Å². The van der Waals surface area contributed by atoms with E-state index in [1.165, 1.54) is 5.56 Å². The number of hydrogen-bond acceptors (Lipinski definition) is 3. The standard InChI is InChI=1S/C16H25N3O/c1-4-9-17-12-13-7-5-6-8-14(13)19-11-10-18-15(20)16(19,2)3/h5-8,17H,4,9-12H2,1-3H3,(H,18,20). The van der Waals surface area contributed by atoms with Crippen LogP contribution in [0.5, 0.6) is 0 Å². The van der Waals surface area contributed by atoms with Gasteiger partial charge in [-0.3, -0.25) is 4.79 Å². The van der Waals surface area contributed by atoms with Gasteiger partial charge >= 0.3 is 0 Å². The molecule has 1 aromatic carbocycles. The molecule has 4 nitrogen and oxygen atoms in total. The number of anilines is 1. The van der Waals surface area contributed by atoms with Crippen molar-refractivity contribution in [2.45, 2.75) is 39.3 Å². The summed E-state index contributed by atoms with van der Waals surface area (Å²) in [4.78, 5) is 14.3. The van der Waals surface area contributed by atoms with Crippen LogP contribution in [-0.4, -0.2) is 31.1 Å². The molecular weight excluding hydrogens is 250 g/mol. The summed E-state index contributed by atoms with van der Waals surface area (Å²) in [5.74, 6) is 0.0973. The van der Waals surface area contributed by atoms with E-state index >= 15 is 0 Å². The lowest BCUT2D eigenvalue weighted by molar-refractivity contribution is -0.126. The molecule has 0 aromatic heterocycles. The number of carbonyl (C=O) groups excluding carboxylic acids is 1. The molecule has 2 N–H and O–H groups in total. The Morgan fingerprint density at radius 3 is 2.85 bits per heavy atom. The maximum atomic E-state index is 12.1. The van der Waals surface area contributed by atoms with Crippen molar-refractivity contribution in [2.24, 2.45) is 0 Å². The smallest absolute Gasteiger partial charge is 0.245 e. The van der Waals surface area contributed by atoms with Crippen molar-refractivity contribution >= 4 is 11.6 Å². The summed E-state index contributed by atoms with van der Waals surface area (Å²) in [5, 5.41) is 6.39. The third-order valence-corrected chi connectivity index (χ3v) is 3.88. The van der Waals surface area contributed by atoms with E-state index in [0.717, 1.165) is 31.7 Å². The molecule has 1 aliphatic heterocycles. The van der Waals surface area contributed by atoms with E-state index in [-0.39, 0.29) is 5.91 Å². The molecule has 20 heavy (non-hydrogen) atoms. The number of amides is 1. The Balaban J connectivity index is 2.24. The highest BCUT2D eigenvalue weighted by Gasteiger charge is 2.38. The van der Waals surface area contributed by atoms with Gasteiger partial charge in [-0.1, -0.05) is 25.1 Å². The Bertz CT molecular complexity index is 471. The number of carbonyl (C=O) groups is 1. The van der Waals surface area contributed by atoms with Crippen molar-refractivity contribution in [1.82, 2.24) is 10.6 Å². The third-order valence-electron chi connectivity index (χ3n) is 3.88. The zero-order chi connectivity index (χ0) is 14.6. The summed E-state index contributed by atoms with van der Waals surface area (Å²) in [5.41, 5.74) is 1.92. The van der Waals surface area contributed by atoms with Gasteiger partial charge in [0.1, 0.15) is 5.54 Å². The van der Waals surface area contributed by atoms with Crippen LogP contribution in [0, 0.1) is 0 Å².